The van der Waals surface area contributed by atoms with Crippen LogP contribution in [-0.2, 0) is 12.8 Å². The van der Waals surface area contributed by atoms with E-state index in [1.54, 1.807) is 14.2 Å². The standard InChI is InChI=1S/C20H27NO2/c1-15(12-17-8-6-5-7-9-17)21-16(2)13-18-10-11-19(22-3)20(14-18)23-4/h5-11,14-16,21H,12-13H2,1-4H3/t15-,16-/m1/s1. The first-order valence-corrected chi connectivity index (χ1v) is 8.13. The second-order valence-electron chi connectivity index (χ2n) is 6.05. The molecule has 0 saturated carbocycles. The van der Waals surface area contributed by atoms with Gasteiger partial charge >= 0.3 is 0 Å². The molecule has 3 nitrogen and oxygen atoms in total. The lowest BCUT2D eigenvalue weighted by molar-refractivity contribution is 0.354. The number of hydrogen-bond donors (Lipinski definition) is 1. The van der Waals surface area contributed by atoms with E-state index in [0.717, 1.165) is 24.3 Å². The van der Waals surface area contributed by atoms with Gasteiger partial charge in [-0.2, -0.15) is 0 Å². The molecule has 0 unspecified atom stereocenters. The summed E-state index contributed by atoms with van der Waals surface area (Å²) in [5.74, 6) is 1.56. The van der Waals surface area contributed by atoms with Gasteiger partial charge in [-0.25, -0.2) is 0 Å². The molecule has 3 heteroatoms. The zero-order valence-corrected chi connectivity index (χ0v) is 14.5. The maximum atomic E-state index is 5.37. The monoisotopic (exact) mass is 313 g/mol. The molecule has 2 aromatic rings. The van der Waals surface area contributed by atoms with Crippen molar-refractivity contribution in [3.63, 3.8) is 0 Å². The van der Waals surface area contributed by atoms with Crippen LogP contribution in [-0.4, -0.2) is 26.3 Å². The summed E-state index contributed by atoms with van der Waals surface area (Å²) in [7, 11) is 3.33. The third-order valence-corrected chi connectivity index (χ3v) is 3.94. The molecule has 0 aliphatic heterocycles. The van der Waals surface area contributed by atoms with Crippen LogP contribution in [0, 0.1) is 0 Å². The lowest BCUT2D eigenvalue weighted by Crippen LogP contribution is -2.37. The lowest BCUT2D eigenvalue weighted by atomic mass is 10.0. The molecule has 124 valence electrons. The largest absolute Gasteiger partial charge is 0.493 e. The van der Waals surface area contributed by atoms with Crippen molar-refractivity contribution < 1.29 is 9.47 Å². The maximum absolute atomic E-state index is 5.37. The van der Waals surface area contributed by atoms with Crippen LogP contribution < -0.4 is 14.8 Å². The minimum Gasteiger partial charge on any atom is -0.493 e. The number of nitrogens with one attached hydrogen (secondary N) is 1. The van der Waals surface area contributed by atoms with Crippen LogP contribution >= 0.6 is 0 Å². The number of hydrogen-bond acceptors (Lipinski definition) is 3. The zero-order valence-electron chi connectivity index (χ0n) is 14.5. The fourth-order valence-electron chi connectivity index (χ4n) is 2.93. The molecule has 0 amide bonds. The summed E-state index contributed by atoms with van der Waals surface area (Å²) in [6.07, 6.45) is 2.00. The van der Waals surface area contributed by atoms with Gasteiger partial charge in [0, 0.05) is 12.1 Å². The molecule has 0 aromatic heterocycles. The van der Waals surface area contributed by atoms with E-state index in [1.165, 1.54) is 11.1 Å². The Labute approximate surface area is 139 Å². The lowest BCUT2D eigenvalue weighted by Gasteiger charge is -2.20. The molecular formula is C20H27NO2. The molecule has 0 radical (unpaired) electrons. The molecule has 0 heterocycles. The summed E-state index contributed by atoms with van der Waals surface area (Å²) < 4.78 is 10.7. The van der Waals surface area contributed by atoms with Gasteiger partial charge in [0.2, 0.25) is 0 Å². The molecule has 0 aliphatic carbocycles. The first-order chi connectivity index (χ1) is 11.1. The van der Waals surface area contributed by atoms with Crippen molar-refractivity contribution in [2.24, 2.45) is 0 Å². The highest BCUT2D eigenvalue weighted by atomic mass is 16.5. The summed E-state index contributed by atoms with van der Waals surface area (Å²) in [6.45, 7) is 4.45. The molecule has 2 rings (SSSR count). The summed E-state index contributed by atoms with van der Waals surface area (Å²) in [5, 5.41) is 3.67. The minimum absolute atomic E-state index is 0.395. The van der Waals surface area contributed by atoms with Gasteiger partial charge in [-0.1, -0.05) is 36.4 Å². The van der Waals surface area contributed by atoms with E-state index in [1.807, 2.05) is 6.07 Å². The zero-order chi connectivity index (χ0) is 16.7. The molecule has 0 spiro atoms. The van der Waals surface area contributed by atoms with Crippen LogP contribution in [0.3, 0.4) is 0 Å². The number of benzene rings is 2. The second kappa shape index (κ2) is 8.59. The average Bonchev–Trinajstić information content (AvgIpc) is 2.55. The Morgan fingerprint density at radius 2 is 1.39 bits per heavy atom. The molecule has 1 N–H and O–H groups in total. The molecule has 0 bridgehead atoms. The van der Waals surface area contributed by atoms with Gasteiger partial charge in [0.25, 0.3) is 0 Å². The van der Waals surface area contributed by atoms with Gasteiger partial charge in [-0.15, -0.1) is 0 Å². The Hall–Kier alpha value is -2.00. The summed E-state index contributed by atoms with van der Waals surface area (Å²) in [5.41, 5.74) is 2.61. The number of methoxy groups -OCH3 is 2. The van der Waals surface area contributed by atoms with Gasteiger partial charge < -0.3 is 14.8 Å². The Bertz CT molecular complexity index is 598. The van der Waals surface area contributed by atoms with E-state index in [4.69, 9.17) is 9.47 Å². The molecule has 0 fully saturated rings. The van der Waals surface area contributed by atoms with Crippen molar-refractivity contribution in [3.8, 4) is 11.5 Å². The summed E-state index contributed by atoms with van der Waals surface area (Å²) in [4.78, 5) is 0. The highest BCUT2D eigenvalue weighted by Crippen LogP contribution is 2.28. The third-order valence-electron chi connectivity index (χ3n) is 3.94. The SMILES string of the molecule is COc1ccc(C[C@@H](C)N[C@H](C)Cc2ccccc2)cc1OC. The molecule has 2 aromatic carbocycles. The van der Waals surface area contributed by atoms with E-state index in [-0.39, 0.29) is 0 Å². The molecule has 0 saturated heterocycles. The fourth-order valence-corrected chi connectivity index (χ4v) is 2.93. The van der Waals surface area contributed by atoms with E-state index >= 15 is 0 Å². The maximum Gasteiger partial charge on any atom is 0.160 e. The van der Waals surface area contributed by atoms with Gasteiger partial charge in [-0.05, 0) is 49.9 Å². The van der Waals surface area contributed by atoms with Gasteiger partial charge in [0.05, 0.1) is 14.2 Å². The smallest absolute Gasteiger partial charge is 0.160 e. The van der Waals surface area contributed by atoms with Gasteiger partial charge in [-0.3, -0.25) is 0 Å². The van der Waals surface area contributed by atoms with Crippen LogP contribution in [0.1, 0.15) is 25.0 Å². The first kappa shape index (κ1) is 17.4. The second-order valence-corrected chi connectivity index (χ2v) is 6.05. The Kier molecular flexibility index (Phi) is 6.48. The highest BCUT2D eigenvalue weighted by Gasteiger charge is 2.11. The average molecular weight is 313 g/mol. The Morgan fingerprint density at radius 3 is 2.00 bits per heavy atom. The quantitative estimate of drug-likeness (QED) is 0.803. The van der Waals surface area contributed by atoms with Gasteiger partial charge in [0.1, 0.15) is 0 Å². The molecular weight excluding hydrogens is 286 g/mol. The molecule has 23 heavy (non-hydrogen) atoms. The van der Waals surface area contributed by atoms with E-state index in [2.05, 4.69) is 61.6 Å². The van der Waals surface area contributed by atoms with Crippen LogP contribution in [0.15, 0.2) is 48.5 Å². The van der Waals surface area contributed by atoms with Crippen LogP contribution in [0.2, 0.25) is 0 Å². The van der Waals surface area contributed by atoms with Crippen molar-refractivity contribution in [1.82, 2.24) is 5.32 Å². The van der Waals surface area contributed by atoms with E-state index < -0.39 is 0 Å². The van der Waals surface area contributed by atoms with E-state index in [0.29, 0.717) is 12.1 Å². The van der Waals surface area contributed by atoms with Crippen molar-refractivity contribution >= 4 is 0 Å². The van der Waals surface area contributed by atoms with Crippen molar-refractivity contribution in [2.75, 3.05) is 14.2 Å². The Balaban J connectivity index is 1.90. The van der Waals surface area contributed by atoms with Crippen molar-refractivity contribution in [1.29, 1.82) is 0 Å². The van der Waals surface area contributed by atoms with Crippen molar-refractivity contribution in [3.05, 3.63) is 59.7 Å². The minimum atomic E-state index is 0.395. The number of ether oxygens (including phenoxy) is 2. The first-order valence-electron chi connectivity index (χ1n) is 8.13. The van der Waals surface area contributed by atoms with Crippen LogP contribution in [0.5, 0.6) is 11.5 Å². The molecule has 0 aliphatic rings. The highest BCUT2D eigenvalue weighted by molar-refractivity contribution is 5.43. The third kappa shape index (κ3) is 5.29. The predicted molar refractivity (Wildman–Crippen MR) is 95.5 cm³/mol. The molecule has 2 atom stereocenters. The van der Waals surface area contributed by atoms with Crippen LogP contribution in [0.25, 0.3) is 0 Å². The van der Waals surface area contributed by atoms with Gasteiger partial charge in [0.15, 0.2) is 11.5 Å². The Morgan fingerprint density at radius 1 is 0.783 bits per heavy atom. The van der Waals surface area contributed by atoms with E-state index in [9.17, 15) is 0 Å². The van der Waals surface area contributed by atoms with Crippen LogP contribution in [0.4, 0.5) is 0 Å². The predicted octanol–water partition coefficient (Wildman–Crippen LogP) is 3.86. The topological polar surface area (TPSA) is 30.5 Å². The fraction of sp³-hybridized carbons (Fsp3) is 0.400. The normalized spacial score (nSPS) is 13.4. The number of rotatable bonds is 8. The summed E-state index contributed by atoms with van der Waals surface area (Å²) in [6, 6.07) is 17.5. The van der Waals surface area contributed by atoms with Crippen molar-refractivity contribution in [2.45, 2.75) is 38.8 Å². The summed E-state index contributed by atoms with van der Waals surface area (Å²) >= 11 is 0.